The van der Waals surface area contributed by atoms with Crippen molar-refractivity contribution in [2.24, 2.45) is 0 Å². The molecule has 2 aromatic rings. The van der Waals surface area contributed by atoms with E-state index >= 15 is 0 Å². The van der Waals surface area contributed by atoms with Gasteiger partial charge in [-0.3, -0.25) is 9.59 Å². The first kappa shape index (κ1) is 17.7. The molecule has 0 saturated carbocycles. The van der Waals surface area contributed by atoms with Gasteiger partial charge in [0.05, 0.1) is 30.4 Å². The van der Waals surface area contributed by atoms with Crippen LogP contribution in [-0.2, 0) is 20.7 Å². The maximum atomic E-state index is 12.1. The molecule has 0 bridgehead atoms. The maximum Gasteiger partial charge on any atom is 0.305 e. The molecule has 0 aliphatic heterocycles. The average Bonchev–Trinajstić information content (AvgIpc) is 3.15. The second-order valence-electron chi connectivity index (χ2n) is 5.64. The summed E-state index contributed by atoms with van der Waals surface area (Å²) in [6.07, 6.45) is 3.08. The fraction of sp³-hybridized carbons (Fsp3) is 0.467. The lowest BCUT2D eigenvalue weighted by Crippen LogP contribution is -2.50. The Hall–Kier alpha value is -2.68. The minimum absolute atomic E-state index is 0.0892. The van der Waals surface area contributed by atoms with Gasteiger partial charge in [-0.2, -0.15) is 4.98 Å². The molecule has 1 atom stereocenters. The molecule has 0 aliphatic carbocycles. The summed E-state index contributed by atoms with van der Waals surface area (Å²) in [4.78, 5) is 27.1. The summed E-state index contributed by atoms with van der Waals surface area (Å²) >= 11 is 0. The predicted octanol–water partition coefficient (Wildman–Crippen LogP) is 1.26. The smallest absolute Gasteiger partial charge is 0.305 e. The maximum absolute atomic E-state index is 12.1. The lowest BCUT2D eigenvalue weighted by Gasteiger charge is -2.28. The Balaban J connectivity index is 1.89. The monoisotopic (exact) mass is 337 g/mol. The third-order valence-electron chi connectivity index (χ3n) is 3.26. The van der Waals surface area contributed by atoms with Crippen molar-refractivity contribution in [2.75, 3.05) is 13.7 Å². The second-order valence-corrected chi connectivity index (χ2v) is 5.64. The molecule has 2 heterocycles. The van der Waals surface area contributed by atoms with Crippen LogP contribution in [0.2, 0.25) is 0 Å². The van der Waals surface area contributed by atoms with E-state index in [0.29, 0.717) is 17.3 Å². The van der Waals surface area contributed by atoms with Crippen LogP contribution in [0.1, 0.15) is 25.7 Å². The number of nitrogens with one attached hydrogen (secondary N) is 1. The number of methoxy groups -OCH3 is 1. The van der Waals surface area contributed by atoms with Crippen LogP contribution < -0.4 is 5.32 Å². The lowest BCUT2D eigenvalue weighted by atomic mass is 9.98. The van der Waals surface area contributed by atoms with Crippen molar-refractivity contribution in [3.05, 3.63) is 24.5 Å². The Morgan fingerprint density at radius 3 is 2.88 bits per heavy atom. The summed E-state index contributed by atoms with van der Waals surface area (Å²) in [5.41, 5.74) is -0.294. The molecule has 0 fully saturated rings. The van der Waals surface area contributed by atoms with E-state index in [-0.39, 0.29) is 31.8 Å². The molecular weight excluding hydrogens is 318 g/mol. The molecule has 0 aromatic carbocycles. The van der Waals surface area contributed by atoms with E-state index in [1.54, 1.807) is 13.0 Å². The Morgan fingerprint density at radius 1 is 1.46 bits per heavy atom. The summed E-state index contributed by atoms with van der Waals surface area (Å²) < 4.78 is 15.0. The highest BCUT2D eigenvalue weighted by atomic mass is 16.5. The van der Waals surface area contributed by atoms with Gasteiger partial charge in [-0.25, -0.2) is 0 Å². The van der Waals surface area contributed by atoms with Gasteiger partial charge in [-0.1, -0.05) is 5.16 Å². The number of hydrogen-bond donors (Lipinski definition) is 2. The van der Waals surface area contributed by atoms with Gasteiger partial charge in [-0.05, 0) is 13.0 Å². The fourth-order valence-corrected chi connectivity index (χ4v) is 2.27. The predicted molar refractivity (Wildman–Crippen MR) is 81.0 cm³/mol. The summed E-state index contributed by atoms with van der Waals surface area (Å²) in [5.74, 6) is -0.641. The van der Waals surface area contributed by atoms with E-state index < -0.39 is 11.5 Å². The molecule has 2 N–H and O–H groups in total. The van der Waals surface area contributed by atoms with Crippen molar-refractivity contribution < 1.29 is 28.4 Å². The Labute approximate surface area is 138 Å². The van der Waals surface area contributed by atoms with Crippen LogP contribution in [0.4, 0.5) is 0 Å². The van der Waals surface area contributed by atoms with E-state index in [1.165, 1.54) is 19.6 Å². The number of carbonyl (C=O) groups excluding carboxylic acids is 1. The first-order valence-corrected chi connectivity index (χ1v) is 7.29. The topological polar surface area (TPSA) is 128 Å². The number of amides is 1. The van der Waals surface area contributed by atoms with Crippen molar-refractivity contribution >= 4 is 11.9 Å². The highest BCUT2D eigenvalue weighted by Gasteiger charge is 2.29. The molecule has 130 valence electrons. The Kier molecular flexibility index (Phi) is 5.69. The number of aromatic nitrogens is 2. The molecule has 1 unspecified atom stereocenters. The number of furan rings is 1. The first-order valence-electron chi connectivity index (χ1n) is 7.29. The van der Waals surface area contributed by atoms with Gasteiger partial charge < -0.3 is 24.1 Å². The van der Waals surface area contributed by atoms with Gasteiger partial charge in [0.15, 0.2) is 0 Å². The van der Waals surface area contributed by atoms with Crippen molar-refractivity contribution in [1.29, 1.82) is 0 Å². The number of aryl methyl sites for hydroxylation is 1. The highest BCUT2D eigenvalue weighted by molar-refractivity contribution is 5.78. The molecule has 9 heteroatoms. The minimum Gasteiger partial charge on any atom is -0.481 e. The largest absolute Gasteiger partial charge is 0.481 e. The molecule has 9 nitrogen and oxygen atoms in total. The number of carboxylic acid groups (broad SMARTS) is 1. The minimum atomic E-state index is -1.02. The molecule has 1 amide bonds. The van der Waals surface area contributed by atoms with Crippen LogP contribution in [0.3, 0.4) is 0 Å². The Bertz CT molecular complexity index is 681. The number of carbonyl (C=O) groups is 2. The second kappa shape index (κ2) is 7.73. The van der Waals surface area contributed by atoms with Crippen LogP contribution in [0.5, 0.6) is 0 Å². The number of aliphatic carboxylic acids is 1. The van der Waals surface area contributed by atoms with Crippen LogP contribution in [0.25, 0.3) is 11.4 Å². The van der Waals surface area contributed by atoms with Crippen LogP contribution in [0.15, 0.2) is 27.5 Å². The lowest BCUT2D eigenvalue weighted by molar-refractivity contribution is -0.139. The van der Waals surface area contributed by atoms with Crippen LogP contribution >= 0.6 is 0 Å². The molecule has 2 rings (SSSR count). The van der Waals surface area contributed by atoms with E-state index in [4.69, 9.17) is 18.8 Å². The fourth-order valence-electron chi connectivity index (χ4n) is 2.27. The zero-order valence-corrected chi connectivity index (χ0v) is 13.4. The number of carboxylic acids is 1. The van der Waals surface area contributed by atoms with Gasteiger partial charge in [0.1, 0.15) is 6.26 Å². The number of rotatable bonds is 9. The standard InChI is InChI=1S/C15H19N3O6/c1-15(9-22-2,7-13(20)21)17-11(19)3-4-12-16-14(18-24-12)10-5-6-23-8-10/h5-6,8H,3-4,7,9H2,1-2H3,(H,17,19)(H,20,21). The van der Waals surface area contributed by atoms with Gasteiger partial charge in [0.25, 0.3) is 0 Å². The van der Waals surface area contributed by atoms with Gasteiger partial charge in [0.2, 0.25) is 17.6 Å². The zero-order chi connectivity index (χ0) is 17.6. The van der Waals surface area contributed by atoms with Crippen molar-refractivity contribution in [2.45, 2.75) is 31.7 Å². The first-order chi connectivity index (χ1) is 11.4. The quantitative estimate of drug-likeness (QED) is 0.700. The Morgan fingerprint density at radius 2 is 2.25 bits per heavy atom. The van der Waals surface area contributed by atoms with Gasteiger partial charge >= 0.3 is 5.97 Å². The molecule has 0 spiro atoms. The van der Waals surface area contributed by atoms with Gasteiger partial charge in [-0.15, -0.1) is 0 Å². The summed E-state index contributed by atoms with van der Waals surface area (Å²) in [6, 6.07) is 1.70. The van der Waals surface area contributed by atoms with E-state index in [2.05, 4.69) is 15.5 Å². The van der Waals surface area contributed by atoms with Crippen molar-refractivity contribution in [3.63, 3.8) is 0 Å². The van der Waals surface area contributed by atoms with Crippen molar-refractivity contribution in [1.82, 2.24) is 15.5 Å². The molecule has 2 aromatic heterocycles. The molecule has 24 heavy (non-hydrogen) atoms. The number of nitrogens with zero attached hydrogens (tertiary/aromatic N) is 2. The molecule has 0 aliphatic rings. The SMILES string of the molecule is COCC(C)(CC(=O)O)NC(=O)CCc1nc(-c2ccoc2)no1. The average molecular weight is 337 g/mol. The third kappa shape index (κ3) is 4.92. The van der Waals surface area contributed by atoms with E-state index in [9.17, 15) is 9.59 Å². The molecule has 0 saturated heterocycles. The zero-order valence-electron chi connectivity index (χ0n) is 13.4. The van der Waals surface area contributed by atoms with E-state index in [0.717, 1.165) is 0 Å². The molecular formula is C15H19N3O6. The number of ether oxygens (including phenoxy) is 1. The summed E-state index contributed by atoms with van der Waals surface area (Å²) in [6.45, 7) is 1.71. The summed E-state index contributed by atoms with van der Waals surface area (Å²) in [5, 5.41) is 15.4. The highest BCUT2D eigenvalue weighted by Crippen LogP contribution is 2.16. The van der Waals surface area contributed by atoms with Crippen molar-refractivity contribution in [3.8, 4) is 11.4 Å². The normalized spacial score (nSPS) is 13.4. The van der Waals surface area contributed by atoms with E-state index in [1.807, 2.05) is 0 Å². The number of hydrogen-bond acceptors (Lipinski definition) is 7. The summed E-state index contributed by atoms with van der Waals surface area (Å²) in [7, 11) is 1.45. The van der Waals surface area contributed by atoms with Gasteiger partial charge in [0, 0.05) is 20.0 Å². The van der Waals surface area contributed by atoms with Crippen LogP contribution in [-0.4, -0.2) is 46.4 Å². The third-order valence-corrected chi connectivity index (χ3v) is 3.26. The molecule has 0 radical (unpaired) electrons. The van der Waals surface area contributed by atoms with Crippen LogP contribution in [0, 0.1) is 0 Å².